The van der Waals surface area contributed by atoms with Gasteiger partial charge in [-0.2, -0.15) is 0 Å². The number of nitrogens with one attached hydrogen (secondary N) is 1. The Bertz CT molecular complexity index is 808. The van der Waals surface area contributed by atoms with Crippen LogP contribution in [0.25, 0.3) is 0 Å². The van der Waals surface area contributed by atoms with E-state index < -0.39 is 5.97 Å². The number of benzene rings is 1. The van der Waals surface area contributed by atoms with Crippen molar-refractivity contribution >= 4 is 34.0 Å². The number of esters is 1. The van der Waals surface area contributed by atoms with Crippen molar-refractivity contribution in [1.29, 1.82) is 0 Å². The molecule has 25 heavy (non-hydrogen) atoms. The molecular formula is C18H19NO5S. The Kier molecular flexibility index (Phi) is 5.93. The van der Waals surface area contributed by atoms with Gasteiger partial charge in [0.25, 0.3) is 5.91 Å². The van der Waals surface area contributed by atoms with Crippen molar-refractivity contribution in [2.24, 2.45) is 0 Å². The quantitative estimate of drug-likeness (QED) is 0.627. The molecule has 1 aromatic carbocycles. The van der Waals surface area contributed by atoms with Crippen LogP contribution >= 0.6 is 11.3 Å². The second-order valence-corrected chi connectivity index (χ2v) is 6.24. The van der Waals surface area contributed by atoms with Gasteiger partial charge in [-0.05, 0) is 50.6 Å². The predicted octanol–water partition coefficient (Wildman–Crippen LogP) is 3.70. The number of carbonyl (C=O) groups is 3. The van der Waals surface area contributed by atoms with Gasteiger partial charge in [0.05, 0.1) is 19.3 Å². The molecule has 0 radical (unpaired) electrons. The monoisotopic (exact) mass is 361 g/mol. The van der Waals surface area contributed by atoms with Crippen molar-refractivity contribution < 1.29 is 23.9 Å². The van der Waals surface area contributed by atoms with Gasteiger partial charge in [-0.25, -0.2) is 4.79 Å². The van der Waals surface area contributed by atoms with Crippen molar-refractivity contribution in [1.82, 2.24) is 0 Å². The number of ether oxygens (including phenoxy) is 2. The fourth-order valence-corrected chi connectivity index (χ4v) is 3.48. The molecule has 0 spiro atoms. The highest BCUT2D eigenvalue weighted by atomic mass is 32.1. The van der Waals surface area contributed by atoms with Crippen LogP contribution in [0, 0.1) is 6.92 Å². The normalized spacial score (nSPS) is 10.2. The molecule has 132 valence electrons. The summed E-state index contributed by atoms with van der Waals surface area (Å²) < 4.78 is 10.1. The molecule has 1 amide bonds. The van der Waals surface area contributed by atoms with E-state index in [0.29, 0.717) is 32.3 Å². The smallest absolute Gasteiger partial charge is 0.348 e. The molecule has 0 atom stereocenters. The van der Waals surface area contributed by atoms with Gasteiger partial charge in [-0.3, -0.25) is 9.59 Å². The molecule has 1 aromatic heterocycles. The molecule has 0 bridgehead atoms. The first-order valence-corrected chi connectivity index (χ1v) is 8.47. The van der Waals surface area contributed by atoms with Crippen LogP contribution in [0.5, 0.6) is 5.75 Å². The van der Waals surface area contributed by atoms with E-state index in [1.54, 1.807) is 45.2 Å². The Morgan fingerprint density at radius 3 is 2.32 bits per heavy atom. The summed E-state index contributed by atoms with van der Waals surface area (Å²) in [5.74, 6) is -0.467. The second-order valence-electron chi connectivity index (χ2n) is 5.22. The molecule has 0 fully saturated rings. The minimum absolute atomic E-state index is 0.227. The lowest BCUT2D eigenvalue weighted by Gasteiger charge is -2.06. The molecule has 7 heteroatoms. The lowest BCUT2D eigenvalue weighted by molar-refractivity contribution is 0.0531. The first kappa shape index (κ1) is 18.7. The van der Waals surface area contributed by atoms with Crippen LogP contribution in [0.15, 0.2) is 24.3 Å². The highest BCUT2D eigenvalue weighted by molar-refractivity contribution is 7.18. The molecule has 1 N–H and O–H groups in total. The third-order valence-corrected chi connectivity index (χ3v) is 4.73. The van der Waals surface area contributed by atoms with E-state index in [-0.39, 0.29) is 18.3 Å². The molecule has 6 nitrogen and oxygen atoms in total. The highest BCUT2D eigenvalue weighted by Gasteiger charge is 2.24. The lowest BCUT2D eigenvalue weighted by Crippen LogP contribution is -2.13. The molecule has 0 saturated heterocycles. The molecule has 0 aliphatic rings. The summed E-state index contributed by atoms with van der Waals surface area (Å²) in [4.78, 5) is 36.7. The van der Waals surface area contributed by atoms with E-state index in [4.69, 9.17) is 9.47 Å². The molecule has 1 heterocycles. The van der Waals surface area contributed by atoms with Crippen LogP contribution in [0.3, 0.4) is 0 Å². The zero-order valence-electron chi connectivity index (χ0n) is 14.5. The first-order valence-electron chi connectivity index (χ1n) is 7.65. The fourth-order valence-electron chi connectivity index (χ4n) is 2.33. The number of carbonyl (C=O) groups excluding carboxylic acids is 3. The van der Waals surface area contributed by atoms with Gasteiger partial charge in [0.15, 0.2) is 5.78 Å². The van der Waals surface area contributed by atoms with Crippen LogP contribution in [-0.2, 0) is 4.74 Å². The van der Waals surface area contributed by atoms with Crippen molar-refractivity contribution in [3.63, 3.8) is 0 Å². The lowest BCUT2D eigenvalue weighted by atomic mass is 10.1. The van der Waals surface area contributed by atoms with Crippen molar-refractivity contribution in [2.45, 2.75) is 20.8 Å². The van der Waals surface area contributed by atoms with E-state index in [1.807, 2.05) is 0 Å². The van der Waals surface area contributed by atoms with Crippen LogP contribution < -0.4 is 10.1 Å². The van der Waals surface area contributed by atoms with Gasteiger partial charge in [-0.15, -0.1) is 11.3 Å². The summed E-state index contributed by atoms with van der Waals surface area (Å²) in [7, 11) is 1.54. The standard InChI is InChI=1S/C18H19NO5S/c1-5-24-18(22)15-10(2)14(11(3)20)17(25-15)19-16(21)12-6-8-13(23-4)9-7-12/h6-9H,5H2,1-4H3,(H,19,21). The molecule has 0 aliphatic carbocycles. The van der Waals surface area contributed by atoms with Gasteiger partial charge < -0.3 is 14.8 Å². The van der Waals surface area contributed by atoms with Gasteiger partial charge >= 0.3 is 5.97 Å². The summed E-state index contributed by atoms with van der Waals surface area (Å²) >= 11 is 1.04. The van der Waals surface area contributed by atoms with Gasteiger partial charge in [0.2, 0.25) is 0 Å². The van der Waals surface area contributed by atoms with Crippen LogP contribution in [0.4, 0.5) is 5.00 Å². The Morgan fingerprint density at radius 1 is 1.16 bits per heavy atom. The second kappa shape index (κ2) is 7.94. The summed E-state index contributed by atoms with van der Waals surface area (Å²) in [6.45, 7) is 5.01. The minimum Gasteiger partial charge on any atom is -0.497 e. The molecule has 0 saturated carbocycles. The Morgan fingerprint density at radius 2 is 1.80 bits per heavy atom. The summed E-state index contributed by atoms with van der Waals surface area (Å²) in [5, 5.41) is 3.06. The maximum absolute atomic E-state index is 12.4. The number of Topliss-reactive ketones (excluding diaryl/α,β-unsaturated/α-hetero) is 1. The Balaban J connectivity index is 2.33. The molecule has 0 unspecified atom stereocenters. The number of amides is 1. The molecule has 0 aliphatic heterocycles. The zero-order chi connectivity index (χ0) is 18.6. The van der Waals surface area contributed by atoms with Gasteiger partial charge in [0.1, 0.15) is 15.6 Å². The number of hydrogen-bond donors (Lipinski definition) is 1. The SMILES string of the molecule is CCOC(=O)c1sc(NC(=O)c2ccc(OC)cc2)c(C(C)=O)c1C. The van der Waals surface area contributed by atoms with Crippen LogP contribution in [0.1, 0.15) is 49.8 Å². The topological polar surface area (TPSA) is 81.7 Å². The predicted molar refractivity (Wildman–Crippen MR) is 96.0 cm³/mol. The van der Waals surface area contributed by atoms with E-state index in [2.05, 4.69) is 5.32 Å². The van der Waals surface area contributed by atoms with E-state index in [9.17, 15) is 14.4 Å². The van der Waals surface area contributed by atoms with Crippen LogP contribution in [-0.4, -0.2) is 31.4 Å². The maximum atomic E-state index is 12.4. The Hall–Kier alpha value is -2.67. The average Bonchev–Trinajstić information content (AvgIpc) is 2.91. The number of anilines is 1. The average molecular weight is 361 g/mol. The number of thiophene rings is 1. The van der Waals surface area contributed by atoms with Gasteiger partial charge in [-0.1, -0.05) is 0 Å². The first-order chi connectivity index (χ1) is 11.9. The van der Waals surface area contributed by atoms with Crippen molar-refractivity contribution in [3.8, 4) is 5.75 Å². The van der Waals surface area contributed by atoms with Crippen molar-refractivity contribution in [2.75, 3.05) is 19.0 Å². The number of hydrogen-bond acceptors (Lipinski definition) is 6. The maximum Gasteiger partial charge on any atom is 0.348 e. The van der Waals surface area contributed by atoms with Crippen molar-refractivity contribution in [3.05, 3.63) is 45.8 Å². The summed E-state index contributed by atoms with van der Waals surface area (Å²) in [5.41, 5.74) is 1.26. The number of methoxy groups -OCH3 is 1. The Labute approximate surface area is 149 Å². The third kappa shape index (κ3) is 4.06. The summed E-state index contributed by atoms with van der Waals surface area (Å²) in [6.07, 6.45) is 0. The van der Waals surface area contributed by atoms with Crippen LogP contribution in [0.2, 0.25) is 0 Å². The van der Waals surface area contributed by atoms with Gasteiger partial charge in [0, 0.05) is 5.56 Å². The summed E-state index contributed by atoms with van der Waals surface area (Å²) in [6, 6.07) is 6.58. The molecular weight excluding hydrogens is 342 g/mol. The zero-order valence-corrected chi connectivity index (χ0v) is 15.3. The molecule has 2 aromatic rings. The van der Waals surface area contributed by atoms with E-state index in [1.165, 1.54) is 6.92 Å². The van der Waals surface area contributed by atoms with E-state index in [0.717, 1.165) is 11.3 Å². The largest absolute Gasteiger partial charge is 0.497 e. The third-order valence-electron chi connectivity index (χ3n) is 3.54. The number of ketones is 1. The minimum atomic E-state index is -0.502. The molecule has 2 rings (SSSR count). The highest BCUT2D eigenvalue weighted by Crippen LogP contribution is 2.34. The fraction of sp³-hybridized carbons (Fsp3) is 0.278. The van der Waals surface area contributed by atoms with E-state index >= 15 is 0 Å². The number of rotatable bonds is 6.